The van der Waals surface area contributed by atoms with Crippen LogP contribution >= 0.6 is 11.6 Å². The van der Waals surface area contributed by atoms with Gasteiger partial charge < -0.3 is 15.1 Å². The highest BCUT2D eigenvalue weighted by Crippen LogP contribution is 2.48. The molecule has 130 valence electrons. The van der Waals surface area contributed by atoms with Gasteiger partial charge in [-0.3, -0.25) is 4.79 Å². The van der Waals surface area contributed by atoms with E-state index in [2.05, 4.69) is 22.2 Å². The number of likely N-dealkylation sites (N-methyl/N-ethyl adjacent to an activating group) is 1. The number of rotatable bonds is 3. The van der Waals surface area contributed by atoms with Gasteiger partial charge in [-0.15, -0.1) is 0 Å². The standard InChI is InChI=1S/C19H26ClN3O/c1-22-6-8-23(9-7-22)18-5-4-15(20)12-17(18)21-19(24)16-11-13-2-3-14(16)10-13/h4-5,12-14,16H,2-3,6-11H2,1H3,(H,21,24). The zero-order chi connectivity index (χ0) is 16.7. The van der Waals surface area contributed by atoms with Gasteiger partial charge in [0.2, 0.25) is 5.91 Å². The summed E-state index contributed by atoms with van der Waals surface area (Å²) in [6.07, 6.45) is 4.86. The zero-order valence-corrected chi connectivity index (χ0v) is 15.1. The molecule has 4 rings (SSSR count). The molecule has 0 spiro atoms. The summed E-state index contributed by atoms with van der Waals surface area (Å²) in [6.45, 7) is 4.05. The summed E-state index contributed by atoms with van der Waals surface area (Å²) >= 11 is 6.21. The maximum absolute atomic E-state index is 12.8. The molecule has 1 amide bonds. The van der Waals surface area contributed by atoms with Crippen molar-refractivity contribution in [2.45, 2.75) is 25.7 Å². The summed E-state index contributed by atoms with van der Waals surface area (Å²) in [7, 11) is 2.15. The van der Waals surface area contributed by atoms with Crippen LogP contribution in [0.2, 0.25) is 5.02 Å². The Kier molecular flexibility index (Phi) is 4.44. The molecule has 2 aliphatic carbocycles. The minimum absolute atomic E-state index is 0.194. The molecule has 0 radical (unpaired) electrons. The second-order valence-corrected chi connectivity index (χ2v) is 8.16. The fourth-order valence-electron chi connectivity index (χ4n) is 4.72. The Morgan fingerprint density at radius 2 is 1.96 bits per heavy atom. The van der Waals surface area contributed by atoms with Gasteiger partial charge in [0.05, 0.1) is 11.4 Å². The highest BCUT2D eigenvalue weighted by Gasteiger charge is 2.43. The third-order valence-electron chi connectivity index (χ3n) is 6.14. The van der Waals surface area contributed by atoms with Crippen molar-refractivity contribution >= 4 is 28.9 Å². The molecule has 1 aromatic carbocycles. The number of carbonyl (C=O) groups excluding carboxylic acids is 1. The lowest BCUT2D eigenvalue weighted by Crippen LogP contribution is -2.44. The van der Waals surface area contributed by atoms with Crippen molar-refractivity contribution in [3.05, 3.63) is 23.2 Å². The van der Waals surface area contributed by atoms with E-state index in [1.807, 2.05) is 18.2 Å². The molecular formula is C19H26ClN3O. The number of fused-ring (bicyclic) bond motifs is 2. The van der Waals surface area contributed by atoms with Crippen LogP contribution in [0.3, 0.4) is 0 Å². The number of hydrogen-bond acceptors (Lipinski definition) is 3. The Labute approximate surface area is 149 Å². The van der Waals surface area contributed by atoms with Crippen LogP contribution in [0.5, 0.6) is 0 Å². The molecule has 1 aliphatic heterocycles. The summed E-state index contributed by atoms with van der Waals surface area (Å²) in [5, 5.41) is 3.88. The molecule has 24 heavy (non-hydrogen) atoms. The van der Waals surface area contributed by atoms with Crippen LogP contribution in [-0.2, 0) is 4.79 Å². The van der Waals surface area contributed by atoms with Gasteiger partial charge in [-0.05, 0) is 56.3 Å². The van der Waals surface area contributed by atoms with E-state index in [9.17, 15) is 4.79 Å². The molecular weight excluding hydrogens is 322 g/mol. The van der Waals surface area contributed by atoms with Crippen LogP contribution in [-0.4, -0.2) is 44.0 Å². The first-order chi connectivity index (χ1) is 11.6. The van der Waals surface area contributed by atoms with E-state index < -0.39 is 0 Å². The van der Waals surface area contributed by atoms with Gasteiger partial charge in [-0.1, -0.05) is 18.0 Å². The SMILES string of the molecule is CN1CCN(c2ccc(Cl)cc2NC(=O)C2CC3CCC2C3)CC1. The van der Waals surface area contributed by atoms with Crippen LogP contribution in [0.25, 0.3) is 0 Å². The average Bonchev–Trinajstić information content (AvgIpc) is 3.19. The molecule has 1 heterocycles. The molecule has 2 bridgehead atoms. The lowest BCUT2D eigenvalue weighted by molar-refractivity contribution is -0.121. The number of amides is 1. The molecule has 1 saturated heterocycles. The third-order valence-corrected chi connectivity index (χ3v) is 6.37. The summed E-state index contributed by atoms with van der Waals surface area (Å²) in [4.78, 5) is 17.5. The van der Waals surface area contributed by atoms with Gasteiger partial charge in [0.25, 0.3) is 0 Å². The molecule has 4 nitrogen and oxygen atoms in total. The first-order valence-corrected chi connectivity index (χ1v) is 9.52. The van der Waals surface area contributed by atoms with Gasteiger partial charge >= 0.3 is 0 Å². The fourth-order valence-corrected chi connectivity index (χ4v) is 4.89. The van der Waals surface area contributed by atoms with Crippen molar-refractivity contribution in [2.24, 2.45) is 17.8 Å². The maximum Gasteiger partial charge on any atom is 0.227 e. The van der Waals surface area contributed by atoms with Crippen molar-refractivity contribution in [2.75, 3.05) is 43.4 Å². The van der Waals surface area contributed by atoms with Gasteiger partial charge in [0.15, 0.2) is 0 Å². The number of carbonyl (C=O) groups is 1. The predicted molar refractivity (Wildman–Crippen MR) is 98.7 cm³/mol. The Hall–Kier alpha value is -1.26. The van der Waals surface area contributed by atoms with E-state index in [0.717, 1.165) is 49.9 Å². The van der Waals surface area contributed by atoms with Gasteiger partial charge in [-0.2, -0.15) is 0 Å². The van der Waals surface area contributed by atoms with E-state index in [4.69, 9.17) is 11.6 Å². The lowest BCUT2D eigenvalue weighted by Gasteiger charge is -2.35. The molecule has 1 aromatic rings. The molecule has 2 saturated carbocycles. The summed E-state index contributed by atoms with van der Waals surface area (Å²) in [6, 6.07) is 5.87. The second kappa shape index (κ2) is 6.57. The third kappa shape index (κ3) is 3.14. The lowest BCUT2D eigenvalue weighted by atomic mass is 9.88. The van der Waals surface area contributed by atoms with Gasteiger partial charge in [0, 0.05) is 37.1 Å². The molecule has 3 aliphatic rings. The monoisotopic (exact) mass is 347 g/mol. The highest BCUT2D eigenvalue weighted by atomic mass is 35.5. The maximum atomic E-state index is 12.8. The second-order valence-electron chi connectivity index (χ2n) is 7.72. The van der Waals surface area contributed by atoms with E-state index in [-0.39, 0.29) is 11.8 Å². The Bertz CT molecular complexity index is 627. The molecule has 0 aromatic heterocycles. The van der Waals surface area contributed by atoms with E-state index >= 15 is 0 Å². The molecule has 1 N–H and O–H groups in total. The van der Waals surface area contributed by atoms with Crippen molar-refractivity contribution in [3.8, 4) is 0 Å². The van der Waals surface area contributed by atoms with Gasteiger partial charge in [-0.25, -0.2) is 0 Å². The first kappa shape index (κ1) is 16.2. The van der Waals surface area contributed by atoms with E-state index in [1.54, 1.807) is 0 Å². The molecule has 3 unspecified atom stereocenters. The van der Waals surface area contributed by atoms with Crippen LogP contribution in [0.1, 0.15) is 25.7 Å². The normalized spacial score (nSPS) is 29.9. The van der Waals surface area contributed by atoms with Crippen molar-refractivity contribution < 1.29 is 4.79 Å². The Balaban J connectivity index is 1.51. The quantitative estimate of drug-likeness (QED) is 0.909. The van der Waals surface area contributed by atoms with Crippen molar-refractivity contribution in [1.29, 1.82) is 0 Å². The molecule has 3 fully saturated rings. The minimum Gasteiger partial charge on any atom is -0.367 e. The summed E-state index contributed by atoms with van der Waals surface area (Å²) < 4.78 is 0. The number of halogens is 1. The van der Waals surface area contributed by atoms with Crippen LogP contribution in [0, 0.1) is 17.8 Å². The molecule has 3 atom stereocenters. The van der Waals surface area contributed by atoms with Crippen molar-refractivity contribution in [1.82, 2.24) is 4.90 Å². The van der Waals surface area contributed by atoms with Crippen LogP contribution < -0.4 is 10.2 Å². The number of hydrogen-bond donors (Lipinski definition) is 1. The van der Waals surface area contributed by atoms with E-state index in [0.29, 0.717) is 10.9 Å². The number of nitrogens with zero attached hydrogens (tertiary/aromatic N) is 2. The largest absolute Gasteiger partial charge is 0.367 e. The summed E-state index contributed by atoms with van der Waals surface area (Å²) in [5.74, 6) is 1.77. The topological polar surface area (TPSA) is 35.6 Å². The van der Waals surface area contributed by atoms with Crippen molar-refractivity contribution in [3.63, 3.8) is 0 Å². The number of piperazine rings is 1. The van der Waals surface area contributed by atoms with Crippen LogP contribution in [0.15, 0.2) is 18.2 Å². The average molecular weight is 348 g/mol. The zero-order valence-electron chi connectivity index (χ0n) is 14.3. The summed E-state index contributed by atoms with van der Waals surface area (Å²) in [5.41, 5.74) is 1.98. The minimum atomic E-state index is 0.194. The Morgan fingerprint density at radius 1 is 1.17 bits per heavy atom. The number of anilines is 2. The Morgan fingerprint density at radius 3 is 2.62 bits per heavy atom. The molecule has 5 heteroatoms. The predicted octanol–water partition coefficient (Wildman–Crippen LogP) is 3.47. The number of nitrogens with one attached hydrogen (secondary N) is 1. The highest BCUT2D eigenvalue weighted by molar-refractivity contribution is 6.31. The fraction of sp³-hybridized carbons (Fsp3) is 0.632. The van der Waals surface area contributed by atoms with E-state index in [1.165, 1.54) is 19.3 Å². The number of benzene rings is 1. The first-order valence-electron chi connectivity index (χ1n) is 9.14. The smallest absolute Gasteiger partial charge is 0.227 e. The van der Waals surface area contributed by atoms with Crippen LogP contribution in [0.4, 0.5) is 11.4 Å². The van der Waals surface area contributed by atoms with Gasteiger partial charge in [0.1, 0.15) is 0 Å².